The van der Waals surface area contributed by atoms with Crippen molar-refractivity contribution in [2.45, 2.75) is 12.3 Å². The first kappa shape index (κ1) is 15.5. The van der Waals surface area contributed by atoms with Crippen molar-refractivity contribution in [2.24, 2.45) is 0 Å². The Kier molecular flexibility index (Phi) is 4.29. The Morgan fingerprint density at radius 1 is 1.33 bits per heavy atom. The van der Waals surface area contributed by atoms with Crippen molar-refractivity contribution < 1.29 is 22.7 Å². The van der Waals surface area contributed by atoms with Gasteiger partial charge in [0, 0.05) is 11.3 Å². The fourth-order valence-corrected chi connectivity index (χ4v) is 1.94. The Morgan fingerprint density at radius 2 is 2.05 bits per heavy atom. The van der Waals surface area contributed by atoms with Gasteiger partial charge in [-0.3, -0.25) is 0 Å². The number of hydrogen-bond acceptors (Lipinski definition) is 3. The molecule has 1 aromatic heterocycles. The summed E-state index contributed by atoms with van der Waals surface area (Å²) >= 11 is 6.04. The summed E-state index contributed by atoms with van der Waals surface area (Å²) in [4.78, 5) is 0. The molecule has 0 saturated heterocycles. The molecule has 0 aliphatic rings. The summed E-state index contributed by atoms with van der Waals surface area (Å²) < 4.78 is 42.8. The van der Waals surface area contributed by atoms with Crippen LogP contribution in [-0.4, -0.2) is 11.3 Å². The summed E-state index contributed by atoms with van der Waals surface area (Å²) in [6, 6.07) is 7.12. The third kappa shape index (κ3) is 3.59. The maximum atomic E-state index is 12.6. The number of benzene rings is 1. The van der Waals surface area contributed by atoms with Gasteiger partial charge >= 0.3 is 6.18 Å². The highest BCUT2D eigenvalue weighted by atomic mass is 35.5. The van der Waals surface area contributed by atoms with Gasteiger partial charge in [-0.15, -0.1) is 0 Å². The number of nitrogens with two attached hydrogens (primary N) is 1. The van der Waals surface area contributed by atoms with Crippen LogP contribution >= 0.6 is 11.6 Å². The van der Waals surface area contributed by atoms with E-state index < -0.39 is 17.8 Å². The van der Waals surface area contributed by atoms with Crippen LogP contribution in [0.25, 0.3) is 11.1 Å². The van der Waals surface area contributed by atoms with E-state index in [9.17, 15) is 18.3 Å². The lowest BCUT2D eigenvalue weighted by Gasteiger charge is -2.17. The molecule has 3 nitrogen and oxygen atoms in total. The zero-order valence-electron chi connectivity index (χ0n) is 10.6. The zero-order valence-corrected chi connectivity index (χ0v) is 11.3. The highest BCUT2D eigenvalue weighted by molar-refractivity contribution is 6.51. The highest BCUT2D eigenvalue weighted by Crippen LogP contribution is 2.37. The van der Waals surface area contributed by atoms with E-state index in [0.717, 1.165) is 6.07 Å². The summed E-state index contributed by atoms with van der Waals surface area (Å²) in [5.41, 5.74) is 5.17. The molecule has 0 aliphatic carbocycles. The molecule has 1 aromatic carbocycles. The van der Waals surface area contributed by atoms with Crippen LogP contribution < -0.4 is 5.73 Å². The number of anilines is 1. The molecular formula is C14H11ClF3NO2. The molecular weight excluding hydrogens is 307 g/mol. The SMILES string of the molecule is Nc1ccc(/C(Cl)=C\c2ccco2)cc1C(O)C(F)(F)F. The van der Waals surface area contributed by atoms with Crippen molar-refractivity contribution >= 4 is 28.4 Å². The minimum absolute atomic E-state index is 0.161. The average molecular weight is 318 g/mol. The molecule has 0 bridgehead atoms. The zero-order chi connectivity index (χ0) is 15.6. The lowest BCUT2D eigenvalue weighted by atomic mass is 10.0. The molecule has 1 atom stereocenters. The van der Waals surface area contributed by atoms with Crippen LogP contribution in [0.15, 0.2) is 41.0 Å². The Labute approximate surface area is 123 Å². The van der Waals surface area contributed by atoms with Gasteiger partial charge in [-0.2, -0.15) is 13.2 Å². The Morgan fingerprint density at radius 3 is 2.62 bits per heavy atom. The Balaban J connectivity index is 2.39. The molecule has 0 amide bonds. The largest absolute Gasteiger partial charge is 0.465 e. The highest BCUT2D eigenvalue weighted by Gasteiger charge is 2.40. The minimum Gasteiger partial charge on any atom is -0.465 e. The van der Waals surface area contributed by atoms with Gasteiger partial charge < -0.3 is 15.3 Å². The van der Waals surface area contributed by atoms with Crippen molar-refractivity contribution in [2.75, 3.05) is 5.73 Å². The second-order valence-corrected chi connectivity index (χ2v) is 4.70. The predicted octanol–water partition coefficient (Wildman–Crippen LogP) is 4.19. The smallest absolute Gasteiger partial charge is 0.418 e. The van der Waals surface area contributed by atoms with Crippen LogP contribution in [0.3, 0.4) is 0 Å². The second kappa shape index (κ2) is 5.83. The molecule has 0 fully saturated rings. The van der Waals surface area contributed by atoms with Crippen molar-refractivity contribution in [1.82, 2.24) is 0 Å². The van der Waals surface area contributed by atoms with Crippen molar-refractivity contribution in [3.63, 3.8) is 0 Å². The van der Waals surface area contributed by atoms with E-state index in [4.69, 9.17) is 21.8 Å². The minimum atomic E-state index is -4.80. The third-order valence-corrected chi connectivity index (χ3v) is 3.11. The summed E-state index contributed by atoms with van der Waals surface area (Å²) in [6.07, 6.45) is -4.57. The van der Waals surface area contributed by atoms with Gasteiger partial charge in [0.05, 0.1) is 11.3 Å². The molecule has 0 aliphatic heterocycles. The molecule has 112 valence electrons. The van der Waals surface area contributed by atoms with Gasteiger partial charge in [-0.05, 0) is 35.9 Å². The van der Waals surface area contributed by atoms with Crippen LogP contribution in [-0.2, 0) is 0 Å². The van der Waals surface area contributed by atoms with Crippen LogP contribution in [0.5, 0.6) is 0 Å². The Hall–Kier alpha value is -1.92. The number of rotatable bonds is 3. The summed E-state index contributed by atoms with van der Waals surface area (Å²) in [5.74, 6) is 0.453. The first-order valence-electron chi connectivity index (χ1n) is 5.84. The van der Waals surface area contributed by atoms with Crippen LogP contribution in [0.1, 0.15) is 23.0 Å². The number of furan rings is 1. The van der Waals surface area contributed by atoms with E-state index >= 15 is 0 Å². The van der Waals surface area contributed by atoms with Gasteiger partial charge in [-0.1, -0.05) is 17.7 Å². The number of aliphatic hydroxyl groups is 1. The molecule has 2 rings (SSSR count). The molecule has 0 spiro atoms. The second-order valence-electron chi connectivity index (χ2n) is 4.30. The van der Waals surface area contributed by atoms with Gasteiger partial charge in [-0.25, -0.2) is 0 Å². The topological polar surface area (TPSA) is 59.4 Å². The summed E-state index contributed by atoms with van der Waals surface area (Å²) in [5, 5.41) is 9.48. The van der Waals surface area contributed by atoms with Crippen molar-refractivity contribution in [3.8, 4) is 0 Å². The lowest BCUT2D eigenvalue weighted by Crippen LogP contribution is -2.21. The number of nitrogen functional groups attached to an aromatic ring is 1. The molecule has 7 heteroatoms. The van der Waals surface area contributed by atoms with E-state index in [1.807, 2.05) is 0 Å². The van der Waals surface area contributed by atoms with Gasteiger partial charge in [0.25, 0.3) is 0 Å². The predicted molar refractivity (Wildman–Crippen MR) is 74.3 cm³/mol. The molecule has 0 radical (unpaired) electrons. The standard InChI is InChI=1S/C14H11ClF3NO2/c15-11(7-9-2-1-5-21-9)8-3-4-12(19)10(6-8)13(20)14(16,17)18/h1-7,13,20H,19H2/b11-7+. The monoisotopic (exact) mass is 317 g/mol. The number of halogens is 4. The van der Waals surface area contributed by atoms with Gasteiger partial charge in [0.1, 0.15) is 5.76 Å². The normalized spacial score (nSPS) is 14.2. The lowest BCUT2D eigenvalue weighted by molar-refractivity contribution is -0.206. The van der Waals surface area contributed by atoms with Crippen molar-refractivity contribution in [1.29, 1.82) is 0 Å². The first-order valence-corrected chi connectivity index (χ1v) is 6.22. The molecule has 2 aromatic rings. The third-order valence-electron chi connectivity index (χ3n) is 2.78. The van der Waals surface area contributed by atoms with E-state index in [0.29, 0.717) is 11.3 Å². The fourth-order valence-electron chi connectivity index (χ4n) is 1.72. The first-order chi connectivity index (χ1) is 9.79. The van der Waals surface area contributed by atoms with E-state index in [1.54, 1.807) is 12.1 Å². The summed E-state index contributed by atoms with van der Waals surface area (Å²) in [6.45, 7) is 0. The van der Waals surface area contributed by atoms with Crippen molar-refractivity contribution in [3.05, 3.63) is 53.5 Å². The molecule has 1 unspecified atom stereocenters. The molecule has 21 heavy (non-hydrogen) atoms. The van der Waals surface area contributed by atoms with Crippen LogP contribution in [0.4, 0.5) is 18.9 Å². The molecule has 1 heterocycles. The van der Waals surface area contributed by atoms with Crippen LogP contribution in [0, 0.1) is 0 Å². The average Bonchev–Trinajstić information content (AvgIpc) is 2.90. The maximum Gasteiger partial charge on any atom is 0.418 e. The number of hydrogen-bond donors (Lipinski definition) is 2. The Bertz CT molecular complexity index is 651. The number of alkyl halides is 3. The molecule has 3 N–H and O–H groups in total. The van der Waals surface area contributed by atoms with Gasteiger partial charge in [0.15, 0.2) is 6.10 Å². The fraction of sp³-hybridized carbons (Fsp3) is 0.143. The quantitative estimate of drug-likeness (QED) is 0.834. The maximum absolute atomic E-state index is 12.6. The van der Waals surface area contributed by atoms with E-state index in [1.165, 1.54) is 24.5 Å². The number of aliphatic hydroxyl groups excluding tert-OH is 1. The van der Waals surface area contributed by atoms with Crippen LogP contribution in [0.2, 0.25) is 0 Å². The van der Waals surface area contributed by atoms with Gasteiger partial charge in [0.2, 0.25) is 0 Å². The molecule has 0 saturated carbocycles. The van der Waals surface area contributed by atoms with E-state index in [-0.39, 0.29) is 10.7 Å². The van der Waals surface area contributed by atoms with E-state index in [2.05, 4.69) is 0 Å². The summed E-state index contributed by atoms with van der Waals surface area (Å²) in [7, 11) is 0.